The zero-order valence-corrected chi connectivity index (χ0v) is 12.6. The van der Waals surface area contributed by atoms with Crippen LogP contribution in [0.3, 0.4) is 0 Å². The number of carboxylic acids is 1. The van der Waals surface area contributed by atoms with E-state index in [9.17, 15) is 9.59 Å². The summed E-state index contributed by atoms with van der Waals surface area (Å²) in [4.78, 5) is 26.1. The summed E-state index contributed by atoms with van der Waals surface area (Å²) in [6.07, 6.45) is 1.02. The molecule has 0 aliphatic carbocycles. The number of rotatable bonds is 4. The maximum atomic E-state index is 12.4. The van der Waals surface area contributed by atoms with E-state index in [0.29, 0.717) is 0 Å². The molecule has 4 nitrogen and oxygen atoms in total. The monoisotopic (exact) mass is 299 g/mol. The molecule has 1 aromatic rings. The molecule has 6 heteroatoms. The van der Waals surface area contributed by atoms with Crippen molar-refractivity contribution in [1.82, 2.24) is 4.90 Å². The van der Waals surface area contributed by atoms with E-state index >= 15 is 0 Å². The van der Waals surface area contributed by atoms with Gasteiger partial charge in [0.1, 0.15) is 5.25 Å². The third-order valence-electron chi connectivity index (χ3n) is 3.25. The predicted octanol–water partition coefficient (Wildman–Crippen LogP) is 2.26. The third-order valence-corrected chi connectivity index (χ3v) is 5.47. The Balaban J connectivity index is 2.07. The van der Waals surface area contributed by atoms with Gasteiger partial charge in [0.2, 0.25) is 5.91 Å². The zero-order chi connectivity index (χ0) is 14.0. The van der Waals surface area contributed by atoms with Crippen molar-refractivity contribution in [3.8, 4) is 0 Å². The summed E-state index contributed by atoms with van der Waals surface area (Å²) < 4.78 is 0. The van der Waals surface area contributed by atoms with Gasteiger partial charge in [-0.05, 0) is 29.2 Å². The molecule has 0 aromatic carbocycles. The number of hydrogen-bond donors (Lipinski definition) is 1. The molecule has 1 aromatic heterocycles. The number of aliphatic carboxylic acids is 1. The van der Waals surface area contributed by atoms with Crippen LogP contribution in [0.1, 0.15) is 22.6 Å². The molecule has 0 bridgehead atoms. The van der Waals surface area contributed by atoms with Crippen LogP contribution in [0, 0.1) is 5.92 Å². The number of fused-ring (bicyclic) bond motifs is 1. The Morgan fingerprint density at radius 2 is 2.32 bits per heavy atom. The molecule has 0 radical (unpaired) electrons. The molecule has 2 atom stereocenters. The van der Waals surface area contributed by atoms with Crippen LogP contribution in [0.25, 0.3) is 0 Å². The minimum atomic E-state index is -0.868. The van der Waals surface area contributed by atoms with Crippen molar-refractivity contribution in [2.45, 2.75) is 18.6 Å². The molecule has 104 valence electrons. The van der Waals surface area contributed by atoms with Crippen LogP contribution in [0.2, 0.25) is 0 Å². The summed E-state index contributed by atoms with van der Waals surface area (Å²) in [6.45, 7) is 1.88. The lowest BCUT2D eigenvalue weighted by Gasteiger charge is -2.27. The lowest BCUT2D eigenvalue weighted by Crippen LogP contribution is -2.36. The van der Waals surface area contributed by atoms with Gasteiger partial charge < -0.3 is 10.0 Å². The first-order chi connectivity index (χ1) is 9.00. The van der Waals surface area contributed by atoms with Gasteiger partial charge in [-0.25, -0.2) is 0 Å². The summed E-state index contributed by atoms with van der Waals surface area (Å²) in [7, 11) is 1.68. The molecular formula is C13H17NO3S2. The fourth-order valence-corrected chi connectivity index (χ4v) is 4.54. The van der Waals surface area contributed by atoms with E-state index in [2.05, 4.69) is 0 Å². The van der Waals surface area contributed by atoms with Crippen molar-refractivity contribution >= 4 is 35.0 Å². The van der Waals surface area contributed by atoms with Crippen LogP contribution in [0.5, 0.6) is 0 Å². The lowest BCUT2D eigenvalue weighted by atomic mass is 10.1. The fourth-order valence-electron chi connectivity index (χ4n) is 2.13. The predicted molar refractivity (Wildman–Crippen MR) is 77.7 cm³/mol. The number of aryl methyl sites for hydroxylation is 1. The maximum Gasteiger partial charge on any atom is 0.308 e. The van der Waals surface area contributed by atoms with Gasteiger partial charge in [0, 0.05) is 18.5 Å². The van der Waals surface area contributed by atoms with Gasteiger partial charge in [-0.15, -0.1) is 23.1 Å². The second-order valence-corrected chi connectivity index (χ2v) is 6.97. The number of thioether (sulfide) groups is 1. The number of likely N-dealkylation sites (N-methyl/N-ethyl adjacent to an activating group) is 1. The van der Waals surface area contributed by atoms with Crippen LogP contribution < -0.4 is 0 Å². The Hall–Kier alpha value is -1.01. The zero-order valence-electron chi connectivity index (χ0n) is 11.0. The van der Waals surface area contributed by atoms with Crippen LogP contribution in [-0.2, 0) is 16.0 Å². The normalized spacial score (nSPS) is 19.6. The summed E-state index contributed by atoms with van der Waals surface area (Å²) in [6, 6.07) is 2.02. The molecule has 1 aliphatic heterocycles. The highest BCUT2D eigenvalue weighted by Gasteiger charge is 2.31. The number of carboxylic acid groups (broad SMARTS) is 1. The largest absolute Gasteiger partial charge is 0.481 e. The van der Waals surface area contributed by atoms with Gasteiger partial charge >= 0.3 is 5.97 Å². The Morgan fingerprint density at radius 1 is 1.58 bits per heavy atom. The first kappa shape index (κ1) is 14.4. The molecule has 1 aliphatic rings. The van der Waals surface area contributed by atoms with E-state index < -0.39 is 11.9 Å². The van der Waals surface area contributed by atoms with Crippen molar-refractivity contribution in [2.24, 2.45) is 5.92 Å². The minimum absolute atomic E-state index is 0.0115. The highest BCUT2D eigenvalue weighted by molar-refractivity contribution is 8.00. The summed E-state index contributed by atoms with van der Waals surface area (Å²) in [5, 5.41) is 10.8. The fraction of sp³-hybridized carbons (Fsp3) is 0.538. The van der Waals surface area contributed by atoms with Gasteiger partial charge in [0.05, 0.1) is 5.92 Å². The van der Waals surface area contributed by atoms with Crippen LogP contribution in [-0.4, -0.2) is 41.2 Å². The molecule has 0 saturated heterocycles. The van der Waals surface area contributed by atoms with E-state index in [0.717, 1.165) is 17.7 Å². The molecular weight excluding hydrogens is 282 g/mol. The molecule has 2 rings (SSSR count). The smallest absolute Gasteiger partial charge is 0.308 e. The van der Waals surface area contributed by atoms with Gasteiger partial charge in [-0.1, -0.05) is 6.92 Å². The summed E-state index contributed by atoms with van der Waals surface area (Å²) >= 11 is 3.35. The van der Waals surface area contributed by atoms with Crippen molar-refractivity contribution in [3.63, 3.8) is 0 Å². The van der Waals surface area contributed by atoms with Crippen molar-refractivity contribution < 1.29 is 14.7 Å². The average Bonchev–Trinajstić information content (AvgIpc) is 2.85. The van der Waals surface area contributed by atoms with Crippen LogP contribution >= 0.6 is 23.1 Å². The summed E-state index contributed by atoms with van der Waals surface area (Å²) in [5.41, 5.74) is 1.11. The SMILES string of the molecule is C[C@@H](CN(C)C(=O)[C@@H]1SCCc2sccc21)C(=O)O. The Bertz CT molecular complexity index is 486. The molecule has 1 N–H and O–H groups in total. The number of carbonyl (C=O) groups excluding carboxylic acids is 1. The Labute approximate surface area is 120 Å². The van der Waals surface area contributed by atoms with E-state index in [1.807, 2.05) is 11.4 Å². The van der Waals surface area contributed by atoms with E-state index in [1.165, 1.54) is 4.88 Å². The first-order valence-corrected chi connectivity index (χ1v) is 8.09. The Kier molecular flexibility index (Phi) is 4.52. The van der Waals surface area contributed by atoms with E-state index in [4.69, 9.17) is 5.11 Å². The molecule has 19 heavy (non-hydrogen) atoms. The number of amides is 1. The standard InChI is InChI=1S/C13H17NO3S2/c1-8(13(16)17)7-14(2)12(15)11-9-3-5-18-10(9)4-6-19-11/h3,5,8,11H,4,6-7H2,1-2H3,(H,16,17)/t8-,11+/m0/s1. The third kappa shape index (κ3) is 3.12. The average molecular weight is 299 g/mol. The number of nitrogens with zero attached hydrogens (tertiary/aromatic N) is 1. The second-order valence-electron chi connectivity index (χ2n) is 4.76. The molecule has 1 amide bonds. The quantitative estimate of drug-likeness (QED) is 0.926. The van der Waals surface area contributed by atoms with Crippen molar-refractivity contribution in [1.29, 1.82) is 0 Å². The first-order valence-electron chi connectivity index (χ1n) is 6.16. The second kappa shape index (κ2) is 5.96. The van der Waals surface area contributed by atoms with Gasteiger partial charge in [0.15, 0.2) is 0 Å². The summed E-state index contributed by atoms with van der Waals surface area (Å²) in [5.74, 6) is -0.444. The Morgan fingerprint density at radius 3 is 3.00 bits per heavy atom. The van der Waals surface area contributed by atoms with E-state index in [1.54, 1.807) is 42.0 Å². The van der Waals surface area contributed by atoms with Crippen LogP contribution in [0.4, 0.5) is 0 Å². The maximum absolute atomic E-state index is 12.4. The highest BCUT2D eigenvalue weighted by atomic mass is 32.2. The van der Waals surface area contributed by atoms with Crippen LogP contribution in [0.15, 0.2) is 11.4 Å². The number of thiophene rings is 1. The molecule has 2 heterocycles. The highest BCUT2D eigenvalue weighted by Crippen LogP contribution is 2.40. The van der Waals surface area contributed by atoms with Crippen molar-refractivity contribution in [2.75, 3.05) is 19.3 Å². The minimum Gasteiger partial charge on any atom is -0.481 e. The van der Waals surface area contributed by atoms with Crippen molar-refractivity contribution in [3.05, 3.63) is 21.9 Å². The van der Waals surface area contributed by atoms with Gasteiger partial charge in [-0.2, -0.15) is 0 Å². The number of carbonyl (C=O) groups is 2. The topological polar surface area (TPSA) is 57.6 Å². The van der Waals surface area contributed by atoms with Gasteiger partial charge in [0.25, 0.3) is 0 Å². The molecule has 0 saturated carbocycles. The number of hydrogen-bond acceptors (Lipinski definition) is 4. The van der Waals surface area contributed by atoms with E-state index in [-0.39, 0.29) is 17.7 Å². The molecule has 0 spiro atoms. The van der Waals surface area contributed by atoms with Gasteiger partial charge in [-0.3, -0.25) is 9.59 Å². The lowest BCUT2D eigenvalue weighted by molar-refractivity contribution is -0.142. The molecule has 0 fully saturated rings. The molecule has 0 unspecified atom stereocenters.